The van der Waals surface area contributed by atoms with Crippen LogP contribution in [0.5, 0.6) is 0 Å². The third kappa shape index (κ3) is 3.33. The molecule has 2 heterocycles. The molecule has 0 amide bonds. The topological polar surface area (TPSA) is 72.0 Å². The summed E-state index contributed by atoms with van der Waals surface area (Å²) in [5, 5.41) is 11.0. The molecule has 0 aliphatic rings. The van der Waals surface area contributed by atoms with Crippen molar-refractivity contribution in [2.75, 3.05) is 0 Å². The molecule has 0 radical (unpaired) electrons. The molecule has 27 heavy (non-hydrogen) atoms. The van der Waals surface area contributed by atoms with Gasteiger partial charge in [-0.25, -0.2) is 4.98 Å². The first-order valence-electron chi connectivity index (χ1n) is 9.00. The molecular weight excluding hydrogens is 334 g/mol. The Morgan fingerprint density at radius 1 is 0.963 bits per heavy atom. The predicted octanol–water partition coefficient (Wildman–Crippen LogP) is 4.48. The number of hydrogen-bond acceptors (Lipinski definition) is 4. The van der Waals surface area contributed by atoms with Gasteiger partial charge in [-0.2, -0.15) is 0 Å². The van der Waals surface area contributed by atoms with Crippen LogP contribution in [0, 0.1) is 0 Å². The summed E-state index contributed by atoms with van der Waals surface area (Å²) in [5.41, 5.74) is 12.3. The number of pyridine rings is 2. The Labute approximate surface area is 158 Å². The van der Waals surface area contributed by atoms with Gasteiger partial charge in [-0.1, -0.05) is 54.6 Å². The van der Waals surface area contributed by atoms with Gasteiger partial charge in [-0.15, -0.1) is 0 Å². The van der Waals surface area contributed by atoms with Crippen LogP contribution in [0.4, 0.5) is 0 Å². The number of aliphatic hydroxyl groups excluding tert-OH is 1. The molecule has 0 saturated carbocycles. The normalized spacial score (nSPS) is 12.3. The van der Waals surface area contributed by atoms with Gasteiger partial charge in [0.2, 0.25) is 0 Å². The van der Waals surface area contributed by atoms with E-state index in [-0.39, 0.29) is 0 Å². The van der Waals surface area contributed by atoms with Gasteiger partial charge in [0.25, 0.3) is 0 Å². The van der Waals surface area contributed by atoms with Crippen LogP contribution >= 0.6 is 0 Å². The monoisotopic (exact) mass is 355 g/mol. The molecule has 134 valence electrons. The highest BCUT2D eigenvalue weighted by molar-refractivity contribution is 5.92. The number of aliphatic hydroxyl groups is 1. The van der Waals surface area contributed by atoms with Gasteiger partial charge in [0.15, 0.2) is 0 Å². The van der Waals surface area contributed by atoms with E-state index in [0.717, 1.165) is 38.9 Å². The number of rotatable bonds is 4. The Hall–Kier alpha value is -3.08. The zero-order valence-electron chi connectivity index (χ0n) is 15.1. The van der Waals surface area contributed by atoms with E-state index in [0.29, 0.717) is 12.2 Å². The van der Waals surface area contributed by atoms with Crippen molar-refractivity contribution in [3.05, 3.63) is 84.2 Å². The largest absolute Gasteiger partial charge is 0.387 e. The minimum Gasteiger partial charge on any atom is -0.387 e. The summed E-state index contributed by atoms with van der Waals surface area (Å²) >= 11 is 0. The lowest BCUT2D eigenvalue weighted by Crippen LogP contribution is -2.00. The SMILES string of the molecule is CC(O)c1nccc2nc(-c3ccc(CN)cc3)c(-c3ccccc3)cc12. The fraction of sp³-hybridized carbons (Fsp3) is 0.130. The smallest absolute Gasteiger partial charge is 0.0938 e. The maximum absolute atomic E-state index is 10.1. The molecule has 4 heteroatoms. The number of aromatic nitrogens is 2. The quantitative estimate of drug-likeness (QED) is 0.566. The molecule has 0 bridgehead atoms. The molecule has 4 nitrogen and oxygen atoms in total. The Morgan fingerprint density at radius 2 is 1.70 bits per heavy atom. The van der Waals surface area contributed by atoms with Crippen LogP contribution in [0.15, 0.2) is 72.9 Å². The third-order valence-electron chi connectivity index (χ3n) is 4.72. The minimum absolute atomic E-state index is 0.514. The molecule has 0 aliphatic carbocycles. The minimum atomic E-state index is -0.659. The van der Waals surface area contributed by atoms with Gasteiger partial charge < -0.3 is 10.8 Å². The van der Waals surface area contributed by atoms with E-state index in [9.17, 15) is 5.11 Å². The molecule has 4 rings (SSSR count). The first-order valence-corrected chi connectivity index (χ1v) is 9.00. The summed E-state index contributed by atoms with van der Waals surface area (Å²) < 4.78 is 0. The van der Waals surface area contributed by atoms with Gasteiger partial charge in [0, 0.05) is 29.3 Å². The van der Waals surface area contributed by atoms with Crippen LogP contribution in [0.1, 0.15) is 24.3 Å². The van der Waals surface area contributed by atoms with Crippen LogP contribution in [0.2, 0.25) is 0 Å². The standard InChI is InChI=1S/C23H21N3O/c1-15(27)22-20-13-19(17-5-3-2-4-6-17)23(26-21(20)11-12-25-22)18-9-7-16(14-24)8-10-18/h2-13,15,27H,14,24H2,1H3. The van der Waals surface area contributed by atoms with Crippen molar-refractivity contribution in [1.29, 1.82) is 0 Å². The number of hydrogen-bond donors (Lipinski definition) is 2. The second-order valence-corrected chi connectivity index (χ2v) is 6.59. The summed E-state index contributed by atoms with van der Waals surface area (Å²) in [4.78, 5) is 9.30. The summed E-state index contributed by atoms with van der Waals surface area (Å²) in [6.45, 7) is 2.24. The average molecular weight is 355 g/mol. The molecule has 0 spiro atoms. The Bertz CT molecular complexity index is 1070. The first-order chi connectivity index (χ1) is 13.2. The van der Waals surface area contributed by atoms with Crippen molar-refractivity contribution in [1.82, 2.24) is 9.97 Å². The second-order valence-electron chi connectivity index (χ2n) is 6.59. The van der Waals surface area contributed by atoms with Crippen molar-refractivity contribution < 1.29 is 5.11 Å². The molecule has 0 aliphatic heterocycles. The Kier molecular flexibility index (Phi) is 4.67. The molecule has 4 aromatic rings. The first kappa shape index (κ1) is 17.3. The van der Waals surface area contributed by atoms with Crippen LogP contribution < -0.4 is 5.73 Å². The zero-order chi connectivity index (χ0) is 18.8. The van der Waals surface area contributed by atoms with E-state index < -0.39 is 6.10 Å². The number of nitrogens with two attached hydrogens (primary N) is 1. The van der Waals surface area contributed by atoms with Gasteiger partial charge in [-0.05, 0) is 30.2 Å². The van der Waals surface area contributed by atoms with Crippen molar-refractivity contribution in [2.45, 2.75) is 19.6 Å². The van der Waals surface area contributed by atoms with Gasteiger partial charge in [0.1, 0.15) is 0 Å². The van der Waals surface area contributed by atoms with E-state index >= 15 is 0 Å². The molecule has 1 atom stereocenters. The zero-order valence-corrected chi connectivity index (χ0v) is 15.1. The summed E-state index contributed by atoms with van der Waals surface area (Å²) in [5.74, 6) is 0. The van der Waals surface area contributed by atoms with E-state index in [1.165, 1.54) is 0 Å². The summed E-state index contributed by atoms with van der Waals surface area (Å²) in [6.07, 6.45) is 1.04. The van der Waals surface area contributed by atoms with Gasteiger partial charge in [0.05, 0.1) is 23.0 Å². The maximum Gasteiger partial charge on any atom is 0.0938 e. The highest BCUT2D eigenvalue weighted by atomic mass is 16.3. The van der Waals surface area contributed by atoms with Gasteiger partial charge in [-0.3, -0.25) is 4.98 Å². The van der Waals surface area contributed by atoms with Gasteiger partial charge >= 0.3 is 0 Å². The van der Waals surface area contributed by atoms with E-state index in [4.69, 9.17) is 10.7 Å². The van der Waals surface area contributed by atoms with E-state index in [2.05, 4.69) is 35.3 Å². The lowest BCUT2D eigenvalue weighted by molar-refractivity contribution is 0.196. The van der Waals surface area contributed by atoms with Crippen molar-refractivity contribution >= 4 is 10.9 Å². The van der Waals surface area contributed by atoms with Crippen LogP contribution in [-0.2, 0) is 6.54 Å². The molecule has 0 saturated heterocycles. The highest BCUT2D eigenvalue weighted by Gasteiger charge is 2.15. The summed E-state index contributed by atoms with van der Waals surface area (Å²) in [7, 11) is 0. The second kappa shape index (κ2) is 7.27. The fourth-order valence-electron chi connectivity index (χ4n) is 3.31. The fourth-order valence-corrected chi connectivity index (χ4v) is 3.31. The molecule has 2 aromatic carbocycles. The van der Waals surface area contributed by atoms with Crippen molar-refractivity contribution in [3.63, 3.8) is 0 Å². The molecule has 1 unspecified atom stereocenters. The average Bonchev–Trinajstić information content (AvgIpc) is 2.73. The number of benzene rings is 2. The van der Waals surface area contributed by atoms with Crippen LogP contribution in [0.25, 0.3) is 33.3 Å². The number of nitrogens with zero attached hydrogens (tertiary/aromatic N) is 2. The van der Waals surface area contributed by atoms with Crippen molar-refractivity contribution in [3.8, 4) is 22.4 Å². The molecular formula is C23H21N3O. The van der Waals surface area contributed by atoms with Crippen molar-refractivity contribution in [2.24, 2.45) is 5.73 Å². The summed E-state index contributed by atoms with van der Waals surface area (Å²) in [6, 6.07) is 22.3. The lowest BCUT2D eigenvalue weighted by Gasteiger charge is -2.14. The highest BCUT2D eigenvalue weighted by Crippen LogP contribution is 2.35. The predicted molar refractivity (Wildman–Crippen MR) is 109 cm³/mol. The lowest BCUT2D eigenvalue weighted by atomic mass is 9.96. The third-order valence-corrected chi connectivity index (χ3v) is 4.72. The number of fused-ring (bicyclic) bond motifs is 1. The van der Waals surface area contributed by atoms with Crippen LogP contribution in [0.3, 0.4) is 0 Å². The maximum atomic E-state index is 10.1. The van der Waals surface area contributed by atoms with E-state index in [1.54, 1.807) is 13.1 Å². The molecule has 2 aromatic heterocycles. The van der Waals surface area contributed by atoms with E-state index in [1.807, 2.05) is 36.4 Å². The molecule has 0 fully saturated rings. The Balaban J connectivity index is 2.01. The molecule has 3 N–H and O–H groups in total. The Morgan fingerprint density at radius 3 is 2.37 bits per heavy atom. The van der Waals surface area contributed by atoms with Crippen LogP contribution in [-0.4, -0.2) is 15.1 Å².